The zero-order chi connectivity index (χ0) is 51.6. The normalized spacial score (nSPS) is 27.5. The third-order valence-electron chi connectivity index (χ3n) is 12.9. The Morgan fingerprint density at radius 3 is 1.51 bits per heavy atom. The summed E-state index contributed by atoms with van der Waals surface area (Å²) in [6.45, 7) is 2.21. The van der Waals surface area contributed by atoms with E-state index in [-0.39, 0.29) is 12.8 Å². The lowest BCUT2D eigenvalue weighted by molar-refractivity contribution is -0.338. The van der Waals surface area contributed by atoms with Gasteiger partial charge in [0.1, 0.15) is 67.6 Å². The van der Waals surface area contributed by atoms with Gasteiger partial charge in [-0.05, 0) is 44.9 Å². The van der Waals surface area contributed by atoms with Crippen molar-refractivity contribution in [3.63, 3.8) is 0 Å². The van der Waals surface area contributed by atoms with Gasteiger partial charge in [-0.15, -0.1) is 0 Å². The van der Waals surface area contributed by atoms with Crippen LogP contribution in [-0.4, -0.2) is 151 Å². The van der Waals surface area contributed by atoms with Gasteiger partial charge in [0.05, 0.1) is 13.2 Å². The van der Waals surface area contributed by atoms with Crippen LogP contribution in [0.15, 0.2) is 24.3 Å². The van der Waals surface area contributed by atoms with Crippen molar-refractivity contribution in [2.45, 2.75) is 267 Å². The number of aliphatic hydroxyl groups excluding tert-OH is 8. The molecular weight excluding hydrogens is 932 g/mol. The minimum atomic E-state index is -5.38. The van der Waals surface area contributed by atoms with Gasteiger partial charge in [0.2, 0.25) is 0 Å². The van der Waals surface area contributed by atoms with Crippen molar-refractivity contribution in [1.82, 2.24) is 0 Å². The van der Waals surface area contributed by atoms with Gasteiger partial charge in [-0.1, -0.05) is 160 Å². The molecule has 0 amide bonds. The molecule has 0 aromatic carbocycles. The fourth-order valence-corrected chi connectivity index (χ4v) is 9.47. The van der Waals surface area contributed by atoms with Crippen molar-refractivity contribution in [3.05, 3.63) is 24.3 Å². The maximum Gasteiger partial charge on any atom is 0.472 e. The van der Waals surface area contributed by atoms with Crippen LogP contribution in [0.1, 0.15) is 194 Å². The molecule has 1 saturated carbocycles. The van der Waals surface area contributed by atoms with Crippen LogP contribution in [0, 0.1) is 0 Å². The predicted octanol–water partition coefficient (Wildman–Crippen LogP) is 6.66. The second-order valence-corrected chi connectivity index (χ2v) is 20.5. The lowest BCUT2D eigenvalue weighted by Crippen LogP contribution is -2.67. The molecule has 410 valence electrons. The van der Waals surface area contributed by atoms with Crippen LogP contribution >= 0.6 is 7.82 Å². The molecule has 0 radical (unpaired) electrons. The molecule has 0 aromatic rings. The van der Waals surface area contributed by atoms with Crippen LogP contribution < -0.4 is 0 Å². The Morgan fingerprint density at radius 1 is 0.543 bits per heavy atom. The Labute approximate surface area is 417 Å². The average Bonchev–Trinajstić information content (AvgIpc) is 3.34. The largest absolute Gasteiger partial charge is 0.472 e. The summed E-state index contributed by atoms with van der Waals surface area (Å²) in [4.78, 5) is 36.6. The van der Waals surface area contributed by atoms with Gasteiger partial charge in [0, 0.05) is 12.8 Å². The molecule has 6 unspecified atom stereocenters. The number of phosphoric acid groups is 1. The van der Waals surface area contributed by atoms with Crippen LogP contribution in [0.2, 0.25) is 0 Å². The van der Waals surface area contributed by atoms with Crippen molar-refractivity contribution in [2.24, 2.45) is 0 Å². The van der Waals surface area contributed by atoms with Crippen LogP contribution in [-0.2, 0) is 42.1 Å². The van der Waals surface area contributed by atoms with Gasteiger partial charge < -0.3 is 64.7 Å². The Balaban J connectivity index is 1.93. The van der Waals surface area contributed by atoms with E-state index in [1.807, 2.05) is 0 Å². The fourth-order valence-electron chi connectivity index (χ4n) is 8.50. The van der Waals surface area contributed by atoms with E-state index in [2.05, 4.69) is 38.2 Å². The van der Waals surface area contributed by atoms with Gasteiger partial charge in [0.25, 0.3) is 0 Å². The summed E-state index contributed by atoms with van der Waals surface area (Å²) in [5.41, 5.74) is 0. The molecule has 1 aliphatic heterocycles. The average molecular weight is 1030 g/mol. The highest BCUT2D eigenvalue weighted by atomic mass is 31.2. The standard InChI is InChI=1S/C51H93O18P/c1-3-5-7-9-11-13-15-17-19-21-23-25-27-29-31-33-40(53)64-36-38(66-41(54)34-32-30-28-26-24-22-20-18-16-14-12-10-8-6-4-2)37-65-70(62,63)69-50-47(60)45(58)44(57)46(59)49(50)68-51-48(61)43(56)42(55)39(35-52)67-51/h11,13,17,19,38-39,42-52,55-61H,3-10,12,14-16,18,20-37H2,1-2H3,(H,62,63)/b13-11-,19-17-/t38-,39?,42-,43?,44-,45?,46?,47?,48-,49-,50-,51-/m1/s1. The molecule has 18 nitrogen and oxygen atoms in total. The van der Waals surface area contributed by atoms with Crippen molar-refractivity contribution >= 4 is 19.8 Å². The number of carbonyl (C=O) groups is 2. The van der Waals surface area contributed by atoms with Crippen molar-refractivity contribution < 1.29 is 87.9 Å². The highest BCUT2D eigenvalue weighted by Gasteiger charge is 2.55. The number of aliphatic hydroxyl groups is 8. The SMILES string of the molecule is CCCCC/C=C\C/C=C\CCCCCCCC(=O)OC[C@H](COP(=O)(O)O[C@@H]1C(O)C(O)[C@@H](O)C(O)[C@H]1O[C@H]1OC(CO)[C@@H](O)C(O)[C@H]1O)OC(=O)CCCCCCCCCCCCCCCCC. The number of esters is 2. The van der Waals surface area contributed by atoms with Gasteiger partial charge in [0.15, 0.2) is 12.4 Å². The smallest absolute Gasteiger partial charge is 0.462 e. The molecule has 0 spiro atoms. The first kappa shape index (κ1) is 64.2. The van der Waals surface area contributed by atoms with Gasteiger partial charge in [-0.2, -0.15) is 0 Å². The Kier molecular flexibility index (Phi) is 35.5. The molecule has 2 fully saturated rings. The van der Waals surface area contributed by atoms with Gasteiger partial charge in [-0.3, -0.25) is 18.6 Å². The number of unbranched alkanes of at least 4 members (excludes halogenated alkanes) is 22. The van der Waals surface area contributed by atoms with E-state index in [9.17, 15) is 59.9 Å². The molecule has 1 saturated heterocycles. The molecule has 0 aromatic heterocycles. The monoisotopic (exact) mass is 1020 g/mol. The molecule has 9 N–H and O–H groups in total. The Bertz CT molecular complexity index is 1450. The molecule has 2 aliphatic rings. The highest BCUT2D eigenvalue weighted by molar-refractivity contribution is 7.47. The number of ether oxygens (including phenoxy) is 4. The summed E-state index contributed by atoms with van der Waals surface area (Å²) < 4.78 is 45.5. The molecular formula is C51H93O18P. The number of hydrogen-bond donors (Lipinski definition) is 9. The number of hydrogen-bond acceptors (Lipinski definition) is 17. The maximum atomic E-state index is 13.4. The van der Waals surface area contributed by atoms with Crippen molar-refractivity contribution in [1.29, 1.82) is 0 Å². The molecule has 0 bridgehead atoms. The van der Waals surface area contributed by atoms with Crippen molar-refractivity contribution in [2.75, 3.05) is 19.8 Å². The predicted molar refractivity (Wildman–Crippen MR) is 263 cm³/mol. The summed E-state index contributed by atoms with van der Waals surface area (Å²) in [5.74, 6) is -1.23. The summed E-state index contributed by atoms with van der Waals surface area (Å²) in [6, 6.07) is 0. The second-order valence-electron chi connectivity index (χ2n) is 19.1. The van der Waals surface area contributed by atoms with E-state index in [4.69, 9.17) is 28.0 Å². The summed E-state index contributed by atoms with van der Waals surface area (Å²) in [6.07, 6.45) is 13.9. The molecule has 13 atom stereocenters. The fraction of sp³-hybridized carbons (Fsp3) is 0.882. The summed E-state index contributed by atoms with van der Waals surface area (Å²) in [7, 11) is -5.38. The van der Waals surface area contributed by atoms with E-state index in [0.717, 1.165) is 70.6 Å². The summed E-state index contributed by atoms with van der Waals surface area (Å²) >= 11 is 0. The number of rotatable bonds is 41. The van der Waals surface area contributed by atoms with Gasteiger partial charge in [-0.25, -0.2) is 4.57 Å². The number of carbonyl (C=O) groups excluding carboxylic acids is 2. The summed E-state index contributed by atoms with van der Waals surface area (Å²) in [5, 5.41) is 83.0. The van der Waals surface area contributed by atoms with Crippen LogP contribution in [0.3, 0.4) is 0 Å². The minimum absolute atomic E-state index is 0.0330. The highest BCUT2D eigenvalue weighted by Crippen LogP contribution is 2.48. The molecule has 70 heavy (non-hydrogen) atoms. The zero-order valence-corrected chi connectivity index (χ0v) is 43.2. The van der Waals surface area contributed by atoms with E-state index < -0.39 is 113 Å². The molecule has 1 aliphatic carbocycles. The van der Waals surface area contributed by atoms with Gasteiger partial charge >= 0.3 is 19.8 Å². The first-order valence-electron chi connectivity index (χ1n) is 26.7. The van der Waals surface area contributed by atoms with E-state index in [1.54, 1.807) is 0 Å². The quantitative estimate of drug-likeness (QED) is 0.0134. The second kappa shape index (κ2) is 38.7. The molecule has 1 heterocycles. The maximum absolute atomic E-state index is 13.4. The van der Waals surface area contributed by atoms with E-state index in [0.29, 0.717) is 12.8 Å². The minimum Gasteiger partial charge on any atom is -0.462 e. The Morgan fingerprint density at radius 2 is 0.986 bits per heavy atom. The number of allylic oxidation sites excluding steroid dienone is 4. The van der Waals surface area contributed by atoms with Crippen LogP contribution in [0.4, 0.5) is 0 Å². The lowest BCUT2D eigenvalue weighted by atomic mass is 9.84. The van der Waals surface area contributed by atoms with E-state index in [1.165, 1.54) is 83.5 Å². The van der Waals surface area contributed by atoms with Crippen LogP contribution in [0.5, 0.6) is 0 Å². The van der Waals surface area contributed by atoms with E-state index >= 15 is 0 Å². The molecule has 2 rings (SSSR count). The lowest BCUT2D eigenvalue weighted by Gasteiger charge is -2.47. The molecule has 19 heteroatoms. The third kappa shape index (κ3) is 26.9. The topological polar surface area (TPSA) is 289 Å². The first-order chi connectivity index (χ1) is 33.7. The third-order valence-corrected chi connectivity index (χ3v) is 13.9. The Hall–Kier alpha value is -1.87. The van der Waals surface area contributed by atoms with Crippen molar-refractivity contribution in [3.8, 4) is 0 Å². The first-order valence-corrected chi connectivity index (χ1v) is 28.2. The number of phosphoric ester groups is 1. The zero-order valence-electron chi connectivity index (χ0n) is 42.3. The van der Waals surface area contributed by atoms with Crippen LogP contribution in [0.25, 0.3) is 0 Å².